The average molecular weight is 320 g/mol. The highest BCUT2D eigenvalue weighted by Crippen LogP contribution is 2.28. The van der Waals surface area contributed by atoms with Crippen LogP contribution in [0.4, 0.5) is 15.8 Å². The highest BCUT2D eigenvalue weighted by molar-refractivity contribution is 5.96. The Bertz CT molecular complexity index is 672. The fraction of sp³-hybridized carbons (Fsp3) is 0.312. The lowest BCUT2D eigenvalue weighted by Gasteiger charge is -2.24. The lowest BCUT2D eigenvalue weighted by Crippen LogP contribution is -2.34. The summed E-state index contributed by atoms with van der Waals surface area (Å²) in [6.45, 7) is 1.25. The van der Waals surface area contributed by atoms with E-state index in [0.717, 1.165) is 6.07 Å². The van der Waals surface area contributed by atoms with Crippen molar-refractivity contribution in [2.45, 2.75) is 19.8 Å². The van der Waals surface area contributed by atoms with Gasteiger partial charge in [0.25, 0.3) is 0 Å². The summed E-state index contributed by atoms with van der Waals surface area (Å²) >= 11 is 0. The summed E-state index contributed by atoms with van der Waals surface area (Å²) in [6, 6.07) is 3.77. The maximum atomic E-state index is 13.6. The number of amides is 2. The second-order valence-corrected chi connectivity index (χ2v) is 5.36. The van der Waals surface area contributed by atoms with E-state index in [9.17, 15) is 23.9 Å². The van der Waals surface area contributed by atoms with Gasteiger partial charge in [-0.3, -0.25) is 14.4 Å². The third-order valence-corrected chi connectivity index (χ3v) is 3.63. The SMILES string of the molecule is CC(=O)Nc1cc(NC(=O)C2CC=CCC2C(=O)O)ccc1F. The summed E-state index contributed by atoms with van der Waals surface area (Å²) < 4.78 is 13.6. The zero-order valence-corrected chi connectivity index (χ0v) is 12.5. The first-order valence-corrected chi connectivity index (χ1v) is 7.14. The van der Waals surface area contributed by atoms with Crippen LogP contribution in [0.2, 0.25) is 0 Å². The van der Waals surface area contributed by atoms with Crippen molar-refractivity contribution in [3.63, 3.8) is 0 Å². The van der Waals surface area contributed by atoms with E-state index in [4.69, 9.17) is 0 Å². The van der Waals surface area contributed by atoms with Crippen molar-refractivity contribution in [3.8, 4) is 0 Å². The average Bonchev–Trinajstić information content (AvgIpc) is 2.50. The Hall–Kier alpha value is -2.70. The molecule has 1 aliphatic rings. The molecule has 1 aromatic rings. The largest absolute Gasteiger partial charge is 0.481 e. The van der Waals surface area contributed by atoms with E-state index in [-0.39, 0.29) is 5.69 Å². The molecule has 2 rings (SSSR count). The summed E-state index contributed by atoms with van der Waals surface area (Å²) in [5.41, 5.74) is 0.243. The molecule has 0 fully saturated rings. The van der Waals surface area contributed by atoms with E-state index in [1.165, 1.54) is 19.1 Å². The maximum absolute atomic E-state index is 13.6. The first kappa shape index (κ1) is 16.7. The number of carbonyl (C=O) groups excluding carboxylic acids is 2. The maximum Gasteiger partial charge on any atom is 0.307 e. The number of rotatable bonds is 4. The smallest absolute Gasteiger partial charge is 0.307 e. The van der Waals surface area contributed by atoms with E-state index >= 15 is 0 Å². The monoisotopic (exact) mass is 320 g/mol. The molecule has 0 aromatic heterocycles. The zero-order valence-electron chi connectivity index (χ0n) is 12.5. The molecule has 6 nitrogen and oxygen atoms in total. The fourth-order valence-corrected chi connectivity index (χ4v) is 2.50. The molecular formula is C16H17FN2O4. The summed E-state index contributed by atoms with van der Waals surface area (Å²) in [7, 11) is 0. The Morgan fingerprint density at radius 1 is 1.13 bits per heavy atom. The first-order valence-electron chi connectivity index (χ1n) is 7.14. The molecule has 0 heterocycles. The van der Waals surface area contributed by atoms with Gasteiger partial charge in [-0.1, -0.05) is 12.2 Å². The van der Waals surface area contributed by atoms with Crippen LogP contribution in [0.15, 0.2) is 30.4 Å². The second-order valence-electron chi connectivity index (χ2n) is 5.36. The van der Waals surface area contributed by atoms with Crippen LogP contribution in [0.25, 0.3) is 0 Å². The Kier molecular flexibility index (Phi) is 5.10. The molecular weight excluding hydrogens is 303 g/mol. The number of benzene rings is 1. The summed E-state index contributed by atoms with van der Waals surface area (Å²) in [5.74, 6) is -3.99. The van der Waals surface area contributed by atoms with Gasteiger partial charge in [0.2, 0.25) is 11.8 Å². The van der Waals surface area contributed by atoms with Crippen LogP contribution in [0.5, 0.6) is 0 Å². The Labute approximate surface area is 132 Å². The van der Waals surface area contributed by atoms with Crippen molar-refractivity contribution < 1.29 is 23.9 Å². The zero-order chi connectivity index (χ0) is 17.0. The Morgan fingerprint density at radius 2 is 1.78 bits per heavy atom. The minimum atomic E-state index is -1.02. The second kappa shape index (κ2) is 7.04. The minimum absolute atomic E-state index is 0.0476. The van der Waals surface area contributed by atoms with E-state index in [2.05, 4.69) is 10.6 Å². The third kappa shape index (κ3) is 4.15. The Balaban J connectivity index is 2.15. The highest BCUT2D eigenvalue weighted by atomic mass is 19.1. The number of carbonyl (C=O) groups is 3. The third-order valence-electron chi connectivity index (χ3n) is 3.63. The number of aliphatic carboxylic acids is 1. The lowest BCUT2D eigenvalue weighted by molar-refractivity contribution is -0.146. The molecule has 0 saturated heterocycles. The number of carboxylic acid groups (broad SMARTS) is 1. The molecule has 1 aromatic carbocycles. The van der Waals surface area contributed by atoms with Gasteiger partial charge >= 0.3 is 5.97 Å². The molecule has 122 valence electrons. The molecule has 0 radical (unpaired) electrons. The van der Waals surface area contributed by atoms with Crippen molar-refractivity contribution in [3.05, 3.63) is 36.2 Å². The van der Waals surface area contributed by atoms with Gasteiger partial charge in [-0.25, -0.2) is 4.39 Å². The number of nitrogens with one attached hydrogen (secondary N) is 2. The highest BCUT2D eigenvalue weighted by Gasteiger charge is 2.33. The standard InChI is InChI=1S/C16H17FN2O4/c1-9(20)18-14-8-10(6-7-13(14)17)19-15(21)11-4-2-3-5-12(11)16(22)23/h2-3,6-8,11-12H,4-5H2,1H3,(H,18,20)(H,19,21)(H,22,23). The van der Waals surface area contributed by atoms with Crippen molar-refractivity contribution in [1.82, 2.24) is 0 Å². The van der Waals surface area contributed by atoms with Crippen molar-refractivity contribution in [2.75, 3.05) is 10.6 Å². The minimum Gasteiger partial charge on any atom is -0.481 e. The molecule has 23 heavy (non-hydrogen) atoms. The molecule has 7 heteroatoms. The molecule has 2 amide bonds. The topological polar surface area (TPSA) is 95.5 Å². The van der Waals surface area contributed by atoms with Crippen LogP contribution in [-0.4, -0.2) is 22.9 Å². The molecule has 2 atom stereocenters. The lowest BCUT2D eigenvalue weighted by atomic mass is 9.82. The van der Waals surface area contributed by atoms with E-state index < -0.39 is 35.4 Å². The van der Waals surface area contributed by atoms with Crippen molar-refractivity contribution in [1.29, 1.82) is 0 Å². The molecule has 0 saturated carbocycles. The van der Waals surface area contributed by atoms with Gasteiger partial charge in [0.15, 0.2) is 0 Å². The van der Waals surface area contributed by atoms with E-state index in [1.807, 2.05) is 0 Å². The summed E-state index contributed by atoms with van der Waals surface area (Å²) in [6.07, 6.45) is 4.16. The molecule has 0 spiro atoms. The molecule has 0 aliphatic heterocycles. The van der Waals surface area contributed by atoms with Gasteiger partial charge in [0, 0.05) is 12.6 Å². The predicted molar refractivity (Wildman–Crippen MR) is 82.3 cm³/mol. The quantitative estimate of drug-likeness (QED) is 0.742. The normalized spacial score (nSPS) is 19.9. The number of hydrogen-bond acceptors (Lipinski definition) is 3. The fourth-order valence-electron chi connectivity index (χ4n) is 2.50. The van der Waals surface area contributed by atoms with Crippen molar-refractivity contribution in [2.24, 2.45) is 11.8 Å². The van der Waals surface area contributed by atoms with Crippen LogP contribution in [-0.2, 0) is 14.4 Å². The molecule has 1 aliphatic carbocycles. The van der Waals surface area contributed by atoms with Gasteiger partial charge in [-0.2, -0.15) is 0 Å². The summed E-state index contributed by atoms with van der Waals surface area (Å²) in [5, 5.41) is 14.1. The first-order chi connectivity index (χ1) is 10.9. The van der Waals surface area contributed by atoms with Gasteiger partial charge in [0.05, 0.1) is 17.5 Å². The van der Waals surface area contributed by atoms with Gasteiger partial charge in [0.1, 0.15) is 5.82 Å². The van der Waals surface area contributed by atoms with Crippen molar-refractivity contribution >= 4 is 29.2 Å². The number of halogens is 1. The van der Waals surface area contributed by atoms with E-state index in [1.54, 1.807) is 12.2 Å². The molecule has 3 N–H and O–H groups in total. The Morgan fingerprint density at radius 3 is 2.39 bits per heavy atom. The van der Waals surface area contributed by atoms with Crippen LogP contribution >= 0.6 is 0 Å². The predicted octanol–water partition coefficient (Wildman–Crippen LogP) is 2.39. The molecule has 0 bridgehead atoms. The number of carboxylic acids is 1. The summed E-state index contributed by atoms with van der Waals surface area (Å²) in [4.78, 5) is 34.6. The van der Waals surface area contributed by atoms with Gasteiger partial charge in [-0.15, -0.1) is 0 Å². The number of anilines is 2. The van der Waals surface area contributed by atoms with Crippen LogP contribution in [0.3, 0.4) is 0 Å². The van der Waals surface area contributed by atoms with Gasteiger partial charge < -0.3 is 15.7 Å². The van der Waals surface area contributed by atoms with Gasteiger partial charge in [-0.05, 0) is 31.0 Å². The number of allylic oxidation sites excluding steroid dienone is 2. The van der Waals surface area contributed by atoms with Crippen LogP contribution < -0.4 is 10.6 Å². The van der Waals surface area contributed by atoms with Crippen LogP contribution in [0, 0.1) is 17.7 Å². The van der Waals surface area contributed by atoms with E-state index in [0.29, 0.717) is 18.5 Å². The number of hydrogen-bond donors (Lipinski definition) is 3. The molecule has 2 unspecified atom stereocenters. The van der Waals surface area contributed by atoms with Crippen LogP contribution in [0.1, 0.15) is 19.8 Å².